The van der Waals surface area contributed by atoms with E-state index in [-0.39, 0.29) is 0 Å². The Morgan fingerprint density at radius 3 is 3.10 bits per heavy atom. The zero-order valence-corrected chi connectivity index (χ0v) is 13.0. The average molecular weight is 294 g/mol. The number of rotatable bonds is 5. The van der Waals surface area contributed by atoms with E-state index in [9.17, 15) is 0 Å². The van der Waals surface area contributed by atoms with Crippen LogP contribution in [0.4, 0.5) is 0 Å². The van der Waals surface area contributed by atoms with Crippen LogP contribution in [0, 0.1) is 5.92 Å². The van der Waals surface area contributed by atoms with Gasteiger partial charge in [0.05, 0.1) is 25.9 Å². The van der Waals surface area contributed by atoms with E-state index >= 15 is 0 Å². The molecule has 1 saturated heterocycles. The number of H-pyrrole nitrogens is 1. The number of nitrogens with one attached hydrogen (secondary N) is 1. The van der Waals surface area contributed by atoms with E-state index in [0.717, 1.165) is 44.4 Å². The first-order chi connectivity index (χ1) is 10.3. The molecule has 1 aromatic rings. The Kier molecular flexibility index (Phi) is 4.87. The smallest absolute Gasteiger partial charge is 0.150 e. The molecule has 0 aromatic carbocycles. The van der Waals surface area contributed by atoms with Crippen molar-refractivity contribution in [2.45, 2.75) is 51.3 Å². The number of hydrogen-bond donors (Lipinski definition) is 1. The molecule has 1 aliphatic carbocycles. The zero-order valence-electron chi connectivity index (χ0n) is 13.0. The van der Waals surface area contributed by atoms with Gasteiger partial charge in [-0.05, 0) is 12.8 Å². The van der Waals surface area contributed by atoms with E-state index in [4.69, 9.17) is 9.47 Å². The molecule has 1 aromatic heterocycles. The van der Waals surface area contributed by atoms with E-state index in [1.165, 1.54) is 19.3 Å². The van der Waals surface area contributed by atoms with Crippen molar-refractivity contribution in [3.63, 3.8) is 0 Å². The van der Waals surface area contributed by atoms with Crippen molar-refractivity contribution in [1.29, 1.82) is 0 Å². The number of aromatic nitrogens is 3. The summed E-state index contributed by atoms with van der Waals surface area (Å²) in [5.41, 5.74) is 0. The van der Waals surface area contributed by atoms with Gasteiger partial charge in [-0.1, -0.05) is 13.3 Å². The third-order valence-electron chi connectivity index (χ3n) is 4.83. The molecule has 2 fully saturated rings. The Hall–Kier alpha value is -0.980. The van der Waals surface area contributed by atoms with Gasteiger partial charge in [0.25, 0.3) is 0 Å². The number of nitrogens with zero attached hydrogens (tertiary/aromatic N) is 3. The van der Waals surface area contributed by atoms with Crippen LogP contribution in [0.1, 0.15) is 37.8 Å². The van der Waals surface area contributed by atoms with Crippen LogP contribution in [0.25, 0.3) is 0 Å². The zero-order chi connectivity index (χ0) is 14.7. The molecular formula is C15H26N4O2. The quantitative estimate of drug-likeness (QED) is 0.889. The molecule has 6 nitrogen and oxygen atoms in total. The van der Waals surface area contributed by atoms with Crippen LogP contribution in [0.15, 0.2) is 0 Å². The lowest BCUT2D eigenvalue weighted by Gasteiger charge is -2.40. The van der Waals surface area contributed by atoms with E-state index in [0.29, 0.717) is 18.1 Å². The molecule has 3 atom stereocenters. The van der Waals surface area contributed by atoms with Gasteiger partial charge >= 0.3 is 0 Å². The summed E-state index contributed by atoms with van der Waals surface area (Å²) < 4.78 is 11.4. The van der Waals surface area contributed by atoms with Crippen LogP contribution in [-0.2, 0) is 22.4 Å². The van der Waals surface area contributed by atoms with Crippen LogP contribution in [-0.4, -0.2) is 59.1 Å². The molecule has 0 spiro atoms. The minimum atomic E-state index is 0.375. The highest BCUT2D eigenvalue weighted by molar-refractivity contribution is 4.95. The van der Waals surface area contributed by atoms with E-state index < -0.39 is 0 Å². The fraction of sp³-hybridized carbons (Fsp3) is 0.867. The fourth-order valence-corrected chi connectivity index (χ4v) is 3.69. The lowest BCUT2D eigenvalue weighted by molar-refractivity contribution is -0.0615. The van der Waals surface area contributed by atoms with E-state index in [2.05, 4.69) is 27.0 Å². The second-order valence-electron chi connectivity index (χ2n) is 6.03. The molecule has 3 rings (SSSR count). The number of aryl methyl sites for hydroxylation is 1. The Morgan fingerprint density at radius 2 is 2.33 bits per heavy atom. The number of aromatic amines is 1. The van der Waals surface area contributed by atoms with Crippen molar-refractivity contribution in [2.75, 3.05) is 26.9 Å². The summed E-state index contributed by atoms with van der Waals surface area (Å²) in [4.78, 5) is 7.03. The van der Waals surface area contributed by atoms with Gasteiger partial charge in [-0.3, -0.25) is 10.00 Å². The number of methoxy groups -OCH3 is 1. The maximum Gasteiger partial charge on any atom is 0.150 e. The first-order valence-electron chi connectivity index (χ1n) is 8.06. The van der Waals surface area contributed by atoms with Crippen molar-refractivity contribution in [3.8, 4) is 0 Å². The lowest BCUT2D eigenvalue weighted by Crippen LogP contribution is -2.51. The van der Waals surface area contributed by atoms with Crippen LogP contribution in [0.5, 0.6) is 0 Å². The summed E-state index contributed by atoms with van der Waals surface area (Å²) >= 11 is 0. The molecule has 1 aliphatic heterocycles. The highest BCUT2D eigenvalue weighted by atomic mass is 16.5. The summed E-state index contributed by atoms with van der Waals surface area (Å²) in [5, 5.41) is 7.30. The van der Waals surface area contributed by atoms with Gasteiger partial charge in [0, 0.05) is 32.0 Å². The molecule has 0 amide bonds. The predicted octanol–water partition coefficient (Wildman–Crippen LogP) is 1.38. The van der Waals surface area contributed by atoms with Crippen LogP contribution in [0.3, 0.4) is 0 Å². The van der Waals surface area contributed by atoms with Gasteiger partial charge in [0.15, 0.2) is 0 Å². The minimum Gasteiger partial charge on any atom is -0.381 e. The minimum absolute atomic E-state index is 0.375. The van der Waals surface area contributed by atoms with Gasteiger partial charge in [-0.25, -0.2) is 4.98 Å². The molecule has 2 aliphatic rings. The number of hydrogen-bond acceptors (Lipinski definition) is 5. The molecular weight excluding hydrogens is 268 g/mol. The average Bonchev–Trinajstić information content (AvgIpc) is 3.16. The summed E-state index contributed by atoms with van der Waals surface area (Å²) in [6.07, 6.45) is 4.92. The molecule has 6 heteroatoms. The highest BCUT2D eigenvalue weighted by Gasteiger charge is 2.38. The summed E-state index contributed by atoms with van der Waals surface area (Å²) in [6.45, 7) is 5.47. The fourth-order valence-electron chi connectivity index (χ4n) is 3.69. The summed E-state index contributed by atoms with van der Waals surface area (Å²) in [6, 6.07) is 0.432. The molecule has 1 saturated carbocycles. The van der Waals surface area contributed by atoms with Crippen molar-refractivity contribution in [1.82, 2.24) is 20.1 Å². The second kappa shape index (κ2) is 6.85. The predicted molar refractivity (Wildman–Crippen MR) is 78.9 cm³/mol. The SMILES string of the molecule is CCc1n[nH]c(CN2CCOC[C@@H]2[C@H]2CCC[C@@H]2OC)n1. The molecule has 118 valence electrons. The topological polar surface area (TPSA) is 63.3 Å². The molecule has 2 heterocycles. The molecule has 0 bridgehead atoms. The van der Waals surface area contributed by atoms with Crippen molar-refractivity contribution >= 4 is 0 Å². The molecule has 21 heavy (non-hydrogen) atoms. The van der Waals surface area contributed by atoms with E-state index in [1.807, 2.05) is 7.11 Å². The number of ether oxygens (including phenoxy) is 2. The van der Waals surface area contributed by atoms with Gasteiger partial charge in [0.1, 0.15) is 11.6 Å². The normalized spacial score (nSPS) is 30.9. The molecule has 0 unspecified atom stereocenters. The summed E-state index contributed by atoms with van der Waals surface area (Å²) in [5.74, 6) is 2.43. The van der Waals surface area contributed by atoms with Crippen molar-refractivity contribution < 1.29 is 9.47 Å². The van der Waals surface area contributed by atoms with Crippen LogP contribution in [0.2, 0.25) is 0 Å². The van der Waals surface area contributed by atoms with Gasteiger partial charge < -0.3 is 9.47 Å². The van der Waals surface area contributed by atoms with E-state index in [1.54, 1.807) is 0 Å². The second-order valence-corrected chi connectivity index (χ2v) is 6.03. The van der Waals surface area contributed by atoms with Gasteiger partial charge in [-0.2, -0.15) is 5.10 Å². The third kappa shape index (κ3) is 3.27. The monoisotopic (exact) mass is 294 g/mol. The maximum atomic E-state index is 5.74. The van der Waals surface area contributed by atoms with Crippen molar-refractivity contribution in [3.05, 3.63) is 11.6 Å². The largest absolute Gasteiger partial charge is 0.381 e. The molecule has 0 radical (unpaired) electrons. The Bertz CT molecular complexity index is 451. The highest BCUT2D eigenvalue weighted by Crippen LogP contribution is 2.34. The van der Waals surface area contributed by atoms with Crippen LogP contribution < -0.4 is 0 Å². The Morgan fingerprint density at radius 1 is 1.43 bits per heavy atom. The van der Waals surface area contributed by atoms with Gasteiger partial charge in [0.2, 0.25) is 0 Å². The van der Waals surface area contributed by atoms with Crippen LogP contribution >= 0.6 is 0 Å². The van der Waals surface area contributed by atoms with Crippen molar-refractivity contribution in [2.24, 2.45) is 5.92 Å². The Balaban J connectivity index is 1.69. The maximum absolute atomic E-state index is 5.74. The Labute approximate surface area is 126 Å². The standard InChI is InChI=1S/C15H26N4O2/c1-3-14-16-15(18-17-14)9-19-7-8-21-10-12(19)11-5-4-6-13(11)20-2/h11-13H,3-10H2,1-2H3,(H,16,17,18)/t11-,12-,13+/m1/s1. The lowest BCUT2D eigenvalue weighted by atomic mass is 9.94. The summed E-state index contributed by atoms with van der Waals surface area (Å²) in [7, 11) is 1.83. The molecule has 1 N–H and O–H groups in total. The third-order valence-corrected chi connectivity index (χ3v) is 4.83. The number of morpholine rings is 1. The first kappa shape index (κ1) is 14.9. The first-order valence-corrected chi connectivity index (χ1v) is 8.06. The van der Waals surface area contributed by atoms with Gasteiger partial charge in [-0.15, -0.1) is 0 Å².